The molecule has 1 unspecified atom stereocenters. The molecule has 132 valence electrons. The lowest BCUT2D eigenvalue weighted by Gasteiger charge is -2.35. The van der Waals surface area contributed by atoms with Gasteiger partial charge in [-0.15, -0.1) is 0 Å². The van der Waals surface area contributed by atoms with Gasteiger partial charge in [-0.25, -0.2) is 4.79 Å². The summed E-state index contributed by atoms with van der Waals surface area (Å²) >= 11 is 0. The second-order valence-electron chi connectivity index (χ2n) is 7.77. The van der Waals surface area contributed by atoms with Crippen LogP contribution in [-0.4, -0.2) is 30.3 Å². The Morgan fingerprint density at radius 2 is 1.64 bits per heavy atom. The van der Waals surface area contributed by atoms with E-state index < -0.39 is 5.60 Å². The average Bonchev–Trinajstić information content (AvgIpc) is 2.38. The Morgan fingerprint density at radius 1 is 1.05 bits per heavy atom. The SMILES string of the molecule is CCCCCCCNC(C)(CNC(=O)OC(C)(C)C)C(C)C. The molecule has 0 fully saturated rings. The predicted molar refractivity (Wildman–Crippen MR) is 94.2 cm³/mol. The molecule has 0 saturated heterocycles. The number of alkyl carbamates (subject to hydrolysis) is 1. The van der Waals surface area contributed by atoms with Crippen LogP contribution in [0.3, 0.4) is 0 Å². The van der Waals surface area contributed by atoms with Gasteiger partial charge in [0.2, 0.25) is 0 Å². The predicted octanol–water partition coefficient (Wildman–Crippen LogP) is 4.49. The van der Waals surface area contributed by atoms with Gasteiger partial charge in [0, 0.05) is 12.1 Å². The summed E-state index contributed by atoms with van der Waals surface area (Å²) in [4.78, 5) is 11.8. The minimum Gasteiger partial charge on any atom is -0.444 e. The summed E-state index contributed by atoms with van der Waals surface area (Å²) in [6, 6.07) is 0. The maximum absolute atomic E-state index is 11.8. The summed E-state index contributed by atoms with van der Waals surface area (Å²) in [6.45, 7) is 16.0. The lowest BCUT2D eigenvalue weighted by atomic mass is 9.88. The van der Waals surface area contributed by atoms with Gasteiger partial charge in [0.15, 0.2) is 0 Å². The number of nitrogens with one attached hydrogen (secondary N) is 2. The number of ether oxygens (including phenoxy) is 1. The first-order valence-corrected chi connectivity index (χ1v) is 8.82. The third kappa shape index (κ3) is 10.0. The van der Waals surface area contributed by atoms with E-state index in [0.717, 1.165) is 6.54 Å². The van der Waals surface area contributed by atoms with Crippen LogP contribution in [0.15, 0.2) is 0 Å². The first kappa shape index (κ1) is 21.2. The summed E-state index contributed by atoms with van der Waals surface area (Å²) < 4.78 is 5.30. The smallest absolute Gasteiger partial charge is 0.407 e. The molecule has 22 heavy (non-hydrogen) atoms. The van der Waals surface area contributed by atoms with Gasteiger partial charge in [0.25, 0.3) is 0 Å². The largest absolute Gasteiger partial charge is 0.444 e. The number of unbranched alkanes of at least 4 members (excludes halogenated alkanes) is 4. The lowest BCUT2D eigenvalue weighted by Crippen LogP contribution is -2.55. The molecule has 0 spiro atoms. The molecule has 4 nitrogen and oxygen atoms in total. The molecule has 4 heteroatoms. The lowest BCUT2D eigenvalue weighted by molar-refractivity contribution is 0.0503. The fourth-order valence-electron chi connectivity index (χ4n) is 2.14. The van der Waals surface area contributed by atoms with E-state index in [9.17, 15) is 4.79 Å². The number of amides is 1. The molecule has 1 amide bonds. The number of carbonyl (C=O) groups excluding carboxylic acids is 1. The van der Waals surface area contributed by atoms with Crippen molar-refractivity contribution in [2.45, 2.75) is 91.7 Å². The maximum atomic E-state index is 11.8. The second-order valence-corrected chi connectivity index (χ2v) is 7.77. The van der Waals surface area contributed by atoms with Crippen LogP contribution in [0.25, 0.3) is 0 Å². The Labute approximate surface area is 137 Å². The standard InChI is InChI=1S/C18H38N2O2/c1-8-9-10-11-12-13-20-18(7,15(2)3)14-19-16(21)22-17(4,5)6/h15,20H,8-14H2,1-7H3,(H,19,21). The molecule has 0 aromatic rings. The van der Waals surface area contributed by atoms with Gasteiger partial charge >= 0.3 is 6.09 Å². The molecule has 0 aliphatic carbocycles. The van der Waals surface area contributed by atoms with Crippen LogP contribution in [0.4, 0.5) is 4.79 Å². The zero-order valence-electron chi connectivity index (χ0n) is 15.8. The first-order valence-electron chi connectivity index (χ1n) is 8.82. The second kappa shape index (κ2) is 10.1. The molecule has 0 bridgehead atoms. The highest BCUT2D eigenvalue weighted by Crippen LogP contribution is 2.16. The minimum absolute atomic E-state index is 0.109. The molecule has 1 atom stereocenters. The number of carbonyl (C=O) groups is 1. The van der Waals surface area contributed by atoms with Crippen LogP contribution in [0.1, 0.15) is 80.6 Å². The van der Waals surface area contributed by atoms with Crippen molar-refractivity contribution in [2.75, 3.05) is 13.1 Å². The van der Waals surface area contributed by atoms with E-state index in [1.165, 1.54) is 32.1 Å². The highest BCUT2D eigenvalue weighted by molar-refractivity contribution is 5.67. The highest BCUT2D eigenvalue weighted by Gasteiger charge is 2.28. The van der Waals surface area contributed by atoms with Crippen LogP contribution in [0, 0.1) is 5.92 Å². The summed E-state index contributed by atoms with van der Waals surface area (Å²) in [5, 5.41) is 6.52. The summed E-state index contributed by atoms with van der Waals surface area (Å²) in [5.74, 6) is 0.429. The van der Waals surface area contributed by atoms with Crippen LogP contribution in [-0.2, 0) is 4.74 Å². The van der Waals surface area contributed by atoms with Crippen molar-refractivity contribution in [2.24, 2.45) is 5.92 Å². The first-order chi connectivity index (χ1) is 10.1. The molecule has 0 radical (unpaired) electrons. The topological polar surface area (TPSA) is 50.4 Å². The van der Waals surface area contributed by atoms with Crippen molar-refractivity contribution in [3.63, 3.8) is 0 Å². The van der Waals surface area contributed by atoms with Gasteiger partial charge < -0.3 is 15.4 Å². The molecule has 0 heterocycles. The zero-order valence-corrected chi connectivity index (χ0v) is 15.8. The monoisotopic (exact) mass is 314 g/mol. The molecular formula is C18H38N2O2. The van der Waals surface area contributed by atoms with E-state index in [4.69, 9.17) is 4.74 Å². The average molecular weight is 315 g/mol. The van der Waals surface area contributed by atoms with Crippen LogP contribution < -0.4 is 10.6 Å². The fraction of sp³-hybridized carbons (Fsp3) is 0.944. The van der Waals surface area contributed by atoms with Gasteiger partial charge in [0.05, 0.1) is 0 Å². The van der Waals surface area contributed by atoms with E-state index in [0.29, 0.717) is 12.5 Å². The third-order valence-electron chi connectivity index (χ3n) is 4.08. The molecule has 0 saturated carbocycles. The van der Waals surface area contributed by atoms with E-state index in [1.807, 2.05) is 20.8 Å². The van der Waals surface area contributed by atoms with E-state index in [1.54, 1.807) is 0 Å². The Kier molecular flexibility index (Phi) is 9.74. The molecule has 0 aliphatic rings. The molecule has 2 N–H and O–H groups in total. The van der Waals surface area contributed by atoms with E-state index in [2.05, 4.69) is 38.3 Å². The third-order valence-corrected chi connectivity index (χ3v) is 4.08. The zero-order chi connectivity index (χ0) is 17.2. The van der Waals surface area contributed by atoms with Gasteiger partial charge in [-0.2, -0.15) is 0 Å². The number of hydrogen-bond donors (Lipinski definition) is 2. The van der Waals surface area contributed by atoms with Crippen molar-refractivity contribution >= 4 is 6.09 Å². The molecular weight excluding hydrogens is 276 g/mol. The van der Waals surface area contributed by atoms with Crippen molar-refractivity contribution < 1.29 is 9.53 Å². The Balaban J connectivity index is 4.18. The van der Waals surface area contributed by atoms with Crippen LogP contribution in [0.5, 0.6) is 0 Å². The van der Waals surface area contributed by atoms with Crippen molar-refractivity contribution in [3.8, 4) is 0 Å². The number of hydrogen-bond acceptors (Lipinski definition) is 3. The minimum atomic E-state index is -0.453. The van der Waals surface area contributed by atoms with Gasteiger partial charge in [0.1, 0.15) is 5.60 Å². The van der Waals surface area contributed by atoms with E-state index >= 15 is 0 Å². The van der Waals surface area contributed by atoms with Crippen molar-refractivity contribution in [1.29, 1.82) is 0 Å². The summed E-state index contributed by atoms with van der Waals surface area (Å²) in [6.07, 6.45) is 6.03. The normalized spacial score (nSPS) is 14.7. The van der Waals surface area contributed by atoms with Gasteiger partial charge in [-0.05, 0) is 46.6 Å². The Bertz CT molecular complexity index is 311. The molecule has 0 aromatic carbocycles. The highest BCUT2D eigenvalue weighted by atomic mass is 16.6. The van der Waals surface area contributed by atoms with Crippen molar-refractivity contribution in [3.05, 3.63) is 0 Å². The molecule has 0 rings (SSSR count). The molecule has 0 aliphatic heterocycles. The summed E-state index contributed by atoms with van der Waals surface area (Å²) in [5.41, 5.74) is -0.563. The fourth-order valence-corrected chi connectivity index (χ4v) is 2.14. The summed E-state index contributed by atoms with van der Waals surface area (Å²) in [7, 11) is 0. The quantitative estimate of drug-likeness (QED) is 0.584. The Hall–Kier alpha value is -0.770. The van der Waals surface area contributed by atoms with Crippen LogP contribution >= 0.6 is 0 Å². The molecule has 0 aromatic heterocycles. The Morgan fingerprint density at radius 3 is 2.14 bits per heavy atom. The van der Waals surface area contributed by atoms with Crippen molar-refractivity contribution in [1.82, 2.24) is 10.6 Å². The maximum Gasteiger partial charge on any atom is 0.407 e. The van der Waals surface area contributed by atoms with E-state index in [-0.39, 0.29) is 11.6 Å². The number of rotatable bonds is 10. The van der Waals surface area contributed by atoms with Gasteiger partial charge in [-0.1, -0.05) is 46.5 Å². The van der Waals surface area contributed by atoms with Crippen LogP contribution in [0.2, 0.25) is 0 Å². The van der Waals surface area contributed by atoms with Gasteiger partial charge in [-0.3, -0.25) is 0 Å².